The minimum absolute atomic E-state index is 0.0965. The van der Waals surface area contributed by atoms with Crippen LogP contribution in [-0.2, 0) is 4.74 Å². The van der Waals surface area contributed by atoms with Crippen molar-refractivity contribution in [2.75, 3.05) is 19.8 Å². The van der Waals surface area contributed by atoms with E-state index in [0.717, 1.165) is 0 Å². The van der Waals surface area contributed by atoms with Gasteiger partial charge in [0.1, 0.15) is 24.5 Å². The van der Waals surface area contributed by atoms with E-state index in [1.165, 1.54) is 0 Å². The topological polar surface area (TPSA) is 81.4 Å². The molecule has 0 N–H and O–H groups in total. The molecule has 0 fully saturated rings. The van der Waals surface area contributed by atoms with E-state index in [4.69, 9.17) is 19.5 Å². The fourth-order valence-corrected chi connectivity index (χ4v) is 1.80. The molecule has 0 unspecified atom stereocenters. The molecule has 0 spiro atoms. The molecule has 0 amide bonds. The van der Waals surface area contributed by atoms with Crippen LogP contribution < -0.4 is 9.47 Å². The number of carbonyl (C=O) groups is 1. The van der Waals surface area contributed by atoms with Gasteiger partial charge in [-0.2, -0.15) is 5.26 Å². The highest BCUT2D eigenvalue weighted by atomic mass is 16.6. The average molecular weight is 312 g/mol. The van der Waals surface area contributed by atoms with E-state index in [2.05, 4.69) is 4.98 Å². The van der Waals surface area contributed by atoms with Gasteiger partial charge in [0, 0.05) is 6.20 Å². The maximum absolute atomic E-state index is 12.0. The molecule has 23 heavy (non-hydrogen) atoms. The van der Waals surface area contributed by atoms with Gasteiger partial charge in [-0.3, -0.25) is 0 Å². The lowest BCUT2D eigenvalue weighted by atomic mass is 10.2. The molecule has 0 aliphatic carbocycles. The Labute approximate surface area is 134 Å². The van der Waals surface area contributed by atoms with Crippen molar-refractivity contribution in [1.82, 2.24) is 4.98 Å². The molecule has 0 atom stereocenters. The van der Waals surface area contributed by atoms with Gasteiger partial charge in [-0.15, -0.1) is 0 Å². The van der Waals surface area contributed by atoms with Crippen LogP contribution in [0.1, 0.15) is 22.8 Å². The van der Waals surface area contributed by atoms with Gasteiger partial charge in [-0.1, -0.05) is 0 Å². The Morgan fingerprint density at radius 1 is 1.17 bits per heavy atom. The maximum atomic E-state index is 12.0. The highest BCUT2D eigenvalue weighted by Crippen LogP contribution is 2.15. The van der Waals surface area contributed by atoms with Crippen LogP contribution >= 0.6 is 0 Å². The number of hydrogen-bond acceptors (Lipinski definition) is 6. The van der Waals surface area contributed by atoms with Crippen LogP contribution in [0.4, 0.5) is 0 Å². The fourth-order valence-electron chi connectivity index (χ4n) is 1.80. The van der Waals surface area contributed by atoms with Crippen LogP contribution in [0.5, 0.6) is 11.6 Å². The number of aromatic nitrogens is 1. The number of nitrogens with zero attached hydrogens (tertiary/aromatic N) is 2. The number of rotatable bonds is 7. The van der Waals surface area contributed by atoms with E-state index in [1.54, 1.807) is 42.6 Å². The molecule has 2 aromatic rings. The summed E-state index contributed by atoms with van der Waals surface area (Å²) in [7, 11) is 0. The van der Waals surface area contributed by atoms with Gasteiger partial charge in [-0.25, -0.2) is 9.78 Å². The molecule has 0 saturated heterocycles. The molecule has 0 radical (unpaired) electrons. The predicted octanol–water partition coefficient (Wildman–Crippen LogP) is 2.59. The molecule has 118 valence electrons. The summed E-state index contributed by atoms with van der Waals surface area (Å²) in [6.07, 6.45) is 1.55. The fraction of sp³-hybridized carbons (Fsp3) is 0.235. The molecule has 1 heterocycles. The van der Waals surface area contributed by atoms with Crippen molar-refractivity contribution >= 4 is 5.97 Å². The van der Waals surface area contributed by atoms with Crippen LogP contribution in [0.25, 0.3) is 0 Å². The van der Waals surface area contributed by atoms with Crippen molar-refractivity contribution in [3.63, 3.8) is 0 Å². The first-order valence-corrected chi connectivity index (χ1v) is 7.12. The summed E-state index contributed by atoms with van der Waals surface area (Å²) in [6.45, 7) is 2.54. The minimum atomic E-state index is -0.509. The standard InChI is InChI=1S/C17H16N2O4/c1-2-21-16-15(4-3-9-19-16)17(20)23-11-10-22-14-7-5-13(12-18)6-8-14/h3-9H,2,10-11H2,1H3. The van der Waals surface area contributed by atoms with Crippen LogP contribution in [0, 0.1) is 11.3 Å². The van der Waals surface area contributed by atoms with Gasteiger partial charge in [-0.05, 0) is 43.3 Å². The number of ether oxygens (including phenoxy) is 3. The van der Waals surface area contributed by atoms with Gasteiger partial charge in [0.2, 0.25) is 5.88 Å². The average Bonchev–Trinajstić information content (AvgIpc) is 2.60. The minimum Gasteiger partial charge on any atom is -0.490 e. The first-order valence-electron chi connectivity index (χ1n) is 7.12. The third-order valence-corrected chi connectivity index (χ3v) is 2.84. The van der Waals surface area contributed by atoms with E-state index in [9.17, 15) is 4.79 Å². The molecule has 0 bridgehead atoms. The second-order valence-corrected chi connectivity index (χ2v) is 4.41. The molecule has 1 aromatic heterocycles. The Kier molecular flexibility index (Phi) is 5.95. The number of esters is 1. The van der Waals surface area contributed by atoms with Gasteiger partial charge in [0.25, 0.3) is 0 Å². The first-order chi connectivity index (χ1) is 11.2. The zero-order valence-electron chi connectivity index (χ0n) is 12.7. The van der Waals surface area contributed by atoms with E-state index in [-0.39, 0.29) is 24.7 Å². The van der Waals surface area contributed by atoms with Crippen LogP contribution in [0.3, 0.4) is 0 Å². The van der Waals surface area contributed by atoms with Gasteiger partial charge < -0.3 is 14.2 Å². The van der Waals surface area contributed by atoms with Crippen molar-refractivity contribution in [3.8, 4) is 17.7 Å². The first kappa shape index (κ1) is 16.3. The van der Waals surface area contributed by atoms with Crippen LogP contribution in [0.2, 0.25) is 0 Å². The van der Waals surface area contributed by atoms with E-state index >= 15 is 0 Å². The molecule has 0 aliphatic rings. The summed E-state index contributed by atoms with van der Waals surface area (Å²) in [5.74, 6) is 0.356. The number of hydrogen-bond donors (Lipinski definition) is 0. The second-order valence-electron chi connectivity index (χ2n) is 4.41. The van der Waals surface area contributed by atoms with Crippen LogP contribution in [-0.4, -0.2) is 30.8 Å². The molecular weight excluding hydrogens is 296 g/mol. The van der Waals surface area contributed by atoms with E-state index in [1.807, 2.05) is 13.0 Å². The monoisotopic (exact) mass is 312 g/mol. The SMILES string of the molecule is CCOc1ncccc1C(=O)OCCOc1ccc(C#N)cc1. The summed E-state index contributed by atoms with van der Waals surface area (Å²) < 4.78 is 15.9. The Morgan fingerprint density at radius 3 is 2.65 bits per heavy atom. The van der Waals surface area contributed by atoms with Crippen molar-refractivity contribution in [2.45, 2.75) is 6.92 Å². The van der Waals surface area contributed by atoms with Crippen molar-refractivity contribution in [2.24, 2.45) is 0 Å². The van der Waals surface area contributed by atoms with Gasteiger partial charge >= 0.3 is 5.97 Å². The zero-order valence-corrected chi connectivity index (χ0v) is 12.7. The largest absolute Gasteiger partial charge is 0.490 e. The Balaban J connectivity index is 1.82. The summed E-state index contributed by atoms with van der Waals surface area (Å²) in [5.41, 5.74) is 0.844. The predicted molar refractivity (Wildman–Crippen MR) is 82.3 cm³/mol. The number of carbonyl (C=O) groups excluding carboxylic acids is 1. The Bertz CT molecular complexity index is 692. The van der Waals surface area contributed by atoms with E-state index < -0.39 is 5.97 Å². The highest BCUT2D eigenvalue weighted by Gasteiger charge is 2.14. The molecule has 2 rings (SSSR count). The molecular formula is C17H16N2O4. The molecule has 0 aliphatic heterocycles. The van der Waals surface area contributed by atoms with Crippen LogP contribution in [0.15, 0.2) is 42.6 Å². The summed E-state index contributed by atoms with van der Waals surface area (Å²) >= 11 is 0. The molecule has 0 saturated carbocycles. The quantitative estimate of drug-likeness (QED) is 0.577. The third-order valence-electron chi connectivity index (χ3n) is 2.84. The van der Waals surface area contributed by atoms with Crippen molar-refractivity contribution in [1.29, 1.82) is 5.26 Å². The molecule has 6 nitrogen and oxygen atoms in total. The van der Waals surface area contributed by atoms with Crippen molar-refractivity contribution < 1.29 is 19.0 Å². The van der Waals surface area contributed by atoms with Gasteiger partial charge in [0.05, 0.1) is 18.2 Å². The highest BCUT2D eigenvalue weighted by molar-refractivity contribution is 5.91. The second kappa shape index (κ2) is 8.39. The lowest BCUT2D eigenvalue weighted by Gasteiger charge is -2.09. The molecule has 6 heteroatoms. The number of nitriles is 1. The maximum Gasteiger partial charge on any atom is 0.343 e. The normalized spacial score (nSPS) is 9.74. The number of benzene rings is 1. The van der Waals surface area contributed by atoms with Crippen molar-refractivity contribution in [3.05, 3.63) is 53.7 Å². The summed E-state index contributed by atoms with van der Waals surface area (Å²) in [6, 6.07) is 12.0. The number of pyridine rings is 1. The molecule has 1 aromatic carbocycles. The lowest BCUT2D eigenvalue weighted by molar-refractivity contribution is 0.0445. The third kappa shape index (κ3) is 4.71. The van der Waals surface area contributed by atoms with Gasteiger partial charge in [0.15, 0.2) is 0 Å². The zero-order chi connectivity index (χ0) is 16.5. The van der Waals surface area contributed by atoms with E-state index in [0.29, 0.717) is 17.9 Å². The lowest BCUT2D eigenvalue weighted by Crippen LogP contribution is -2.14. The Morgan fingerprint density at radius 2 is 1.96 bits per heavy atom. The summed E-state index contributed by atoms with van der Waals surface area (Å²) in [5, 5.41) is 8.71. The smallest absolute Gasteiger partial charge is 0.343 e. The Hall–Kier alpha value is -3.07. The summed E-state index contributed by atoms with van der Waals surface area (Å²) in [4.78, 5) is 16.0.